The van der Waals surface area contributed by atoms with Crippen LogP contribution < -0.4 is 0 Å². The second kappa shape index (κ2) is 4.48. The summed E-state index contributed by atoms with van der Waals surface area (Å²) >= 11 is 1.93. The van der Waals surface area contributed by atoms with Crippen molar-refractivity contribution in [3.8, 4) is 5.75 Å². The molecular formula is C13H18OS. The lowest BCUT2D eigenvalue weighted by molar-refractivity contribution is 0.471. The highest BCUT2D eigenvalue weighted by Gasteiger charge is 2.34. The number of thioether (sulfide) groups is 1. The van der Waals surface area contributed by atoms with E-state index in [4.69, 9.17) is 0 Å². The van der Waals surface area contributed by atoms with Gasteiger partial charge in [0.1, 0.15) is 5.75 Å². The summed E-state index contributed by atoms with van der Waals surface area (Å²) in [5, 5.41) is 9.31. The summed E-state index contributed by atoms with van der Waals surface area (Å²) in [5.74, 6) is 1.58. The third-order valence-electron chi connectivity index (χ3n) is 3.46. The molecule has 0 bridgehead atoms. The lowest BCUT2D eigenvalue weighted by Gasteiger charge is -2.28. The summed E-state index contributed by atoms with van der Waals surface area (Å²) in [5.41, 5.74) is 1.79. The molecular weight excluding hydrogens is 204 g/mol. The Morgan fingerprint density at radius 3 is 2.33 bits per heavy atom. The maximum atomic E-state index is 9.31. The van der Waals surface area contributed by atoms with E-state index < -0.39 is 0 Å². The molecule has 1 fully saturated rings. The number of hydrogen-bond acceptors (Lipinski definition) is 2. The van der Waals surface area contributed by atoms with Crippen LogP contribution in [0.4, 0.5) is 0 Å². The molecule has 0 aliphatic heterocycles. The highest BCUT2D eigenvalue weighted by atomic mass is 32.2. The van der Waals surface area contributed by atoms with Crippen LogP contribution in [-0.2, 0) is 5.41 Å². The van der Waals surface area contributed by atoms with Gasteiger partial charge in [0.2, 0.25) is 0 Å². The first-order valence-electron chi connectivity index (χ1n) is 5.55. The van der Waals surface area contributed by atoms with Gasteiger partial charge in [-0.15, -0.1) is 0 Å². The molecule has 1 aromatic carbocycles. The van der Waals surface area contributed by atoms with E-state index in [1.807, 2.05) is 23.9 Å². The molecule has 1 nitrogen and oxygen atoms in total. The molecule has 1 saturated carbocycles. The largest absolute Gasteiger partial charge is 0.508 e. The van der Waals surface area contributed by atoms with Gasteiger partial charge >= 0.3 is 0 Å². The Kier molecular flexibility index (Phi) is 3.25. The fourth-order valence-electron chi connectivity index (χ4n) is 2.66. The summed E-state index contributed by atoms with van der Waals surface area (Å²) in [6.45, 7) is 0. The zero-order valence-electron chi connectivity index (χ0n) is 9.20. The lowest BCUT2D eigenvalue weighted by Crippen LogP contribution is -2.24. The predicted molar refractivity (Wildman–Crippen MR) is 66.6 cm³/mol. The predicted octanol–water partition coefficient (Wildman–Crippen LogP) is 3.57. The van der Waals surface area contributed by atoms with Crippen molar-refractivity contribution >= 4 is 11.8 Å². The Labute approximate surface area is 95.9 Å². The van der Waals surface area contributed by atoms with Crippen LogP contribution in [0.25, 0.3) is 0 Å². The zero-order valence-corrected chi connectivity index (χ0v) is 10.0. The Balaban J connectivity index is 2.28. The molecule has 82 valence electrons. The Hall–Kier alpha value is -0.630. The standard InChI is InChI=1S/C13H18OS/c1-15-10-13(8-2-3-9-13)11-4-6-12(14)7-5-11/h4-7,14H,2-3,8-10H2,1H3. The summed E-state index contributed by atoms with van der Waals surface area (Å²) in [7, 11) is 0. The van der Waals surface area contributed by atoms with Crippen molar-refractivity contribution in [3.05, 3.63) is 29.8 Å². The third kappa shape index (κ3) is 2.15. The molecule has 2 heteroatoms. The fraction of sp³-hybridized carbons (Fsp3) is 0.538. The van der Waals surface area contributed by atoms with E-state index in [9.17, 15) is 5.11 Å². The summed E-state index contributed by atoms with van der Waals surface area (Å²) in [4.78, 5) is 0. The van der Waals surface area contributed by atoms with Crippen molar-refractivity contribution in [1.29, 1.82) is 0 Å². The van der Waals surface area contributed by atoms with E-state index in [0.29, 0.717) is 11.2 Å². The van der Waals surface area contributed by atoms with Crippen LogP contribution in [0.15, 0.2) is 24.3 Å². The SMILES string of the molecule is CSCC1(c2ccc(O)cc2)CCCC1. The van der Waals surface area contributed by atoms with Crippen LogP contribution >= 0.6 is 11.8 Å². The van der Waals surface area contributed by atoms with Crippen LogP contribution in [0.2, 0.25) is 0 Å². The monoisotopic (exact) mass is 222 g/mol. The van der Waals surface area contributed by atoms with Gasteiger partial charge in [0.15, 0.2) is 0 Å². The minimum atomic E-state index is 0.371. The highest BCUT2D eigenvalue weighted by molar-refractivity contribution is 7.98. The maximum Gasteiger partial charge on any atom is 0.115 e. The Morgan fingerprint density at radius 2 is 1.80 bits per heavy atom. The highest BCUT2D eigenvalue weighted by Crippen LogP contribution is 2.43. The molecule has 1 aliphatic carbocycles. The van der Waals surface area contributed by atoms with Crippen LogP contribution in [0.5, 0.6) is 5.75 Å². The van der Waals surface area contributed by atoms with E-state index in [0.717, 1.165) is 0 Å². The first-order valence-corrected chi connectivity index (χ1v) is 6.95. The minimum absolute atomic E-state index is 0.371. The van der Waals surface area contributed by atoms with Gasteiger partial charge in [0, 0.05) is 11.2 Å². The summed E-state index contributed by atoms with van der Waals surface area (Å²) in [6.07, 6.45) is 7.49. The van der Waals surface area contributed by atoms with Crippen molar-refractivity contribution < 1.29 is 5.11 Å². The van der Waals surface area contributed by atoms with Crippen LogP contribution in [0.1, 0.15) is 31.2 Å². The van der Waals surface area contributed by atoms with Gasteiger partial charge in [-0.2, -0.15) is 11.8 Å². The molecule has 0 radical (unpaired) electrons. The van der Waals surface area contributed by atoms with Crippen molar-refractivity contribution in [2.24, 2.45) is 0 Å². The van der Waals surface area contributed by atoms with Crippen LogP contribution in [-0.4, -0.2) is 17.1 Å². The van der Waals surface area contributed by atoms with Crippen LogP contribution in [0, 0.1) is 0 Å². The van der Waals surface area contributed by atoms with Gasteiger partial charge < -0.3 is 5.11 Å². The quantitative estimate of drug-likeness (QED) is 0.843. The molecule has 0 saturated heterocycles. The number of phenolic OH excluding ortho intramolecular Hbond substituents is 1. The van der Waals surface area contributed by atoms with E-state index in [2.05, 4.69) is 18.4 Å². The Morgan fingerprint density at radius 1 is 1.20 bits per heavy atom. The van der Waals surface area contributed by atoms with Gasteiger partial charge in [-0.25, -0.2) is 0 Å². The van der Waals surface area contributed by atoms with Gasteiger partial charge in [-0.1, -0.05) is 25.0 Å². The average molecular weight is 222 g/mol. The molecule has 1 aromatic rings. The minimum Gasteiger partial charge on any atom is -0.508 e. The van der Waals surface area contributed by atoms with Crippen molar-refractivity contribution in [1.82, 2.24) is 0 Å². The number of benzene rings is 1. The zero-order chi connectivity index (χ0) is 10.7. The van der Waals surface area contributed by atoms with E-state index in [1.165, 1.54) is 37.0 Å². The molecule has 0 amide bonds. The molecule has 0 atom stereocenters. The average Bonchev–Trinajstić information content (AvgIpc) is 2.69. The van der Waals surface area contributed by atoms with Gasteiger partial charge in [-0.05, 0) is 36.8 Å². The Bertz CT molecular complexity index is 312. The molecule has 0 heterocycles. The summed E-state index contributed by atoms with van der Waals surface area (Å²) in [6, 6.07) is 7.82. The van der Waals surface area contributed by atoms with Gasteiger partial charge in [0.25, 0.3) is 0 Å². The van der Waals surface area contributed by atoms with E-state index in [-0.39, 0.29) is 0 Å². The lowest BCUT2D eigenvalue weighted by atomic mass is 9.81. The van der Waals surface area contributed by atoms with Crippen LogP contribution in [0.3, 0.4) is 0 Å². The van der Waals surface area contributed by atoms with Crippen molar-refractivity contribution in [2.75, 3.05) is 12.0 Å². The van der Waals surface area contributed by atoms with Crippen molar-refractivity contribution in [2.45, 2.75) is 31.1 Å². The molecule has 1 N–H and O–H groups in total. The van der Waals surface area contributed by atoms with Crippen molar-refractivity contribution in [3.63, 3.8) is 0 Å². The molecule has 0 aromatic heterocycles. The fourth-order valence-corrected chi connectivity index (χ4v) is 3.67. The molecule has 0 unspecified atom stereocenters. The first kappa shape index (κ1) is 10.9. The maximum absolute atomic E-state index is 9.31. The second-order valence-corrected chi connectivity index (χ2v) is 5.33. The molecule has 15 heavy (non-hydrogen) atoms. The van der Waals surface area contributed by atoms with E-state index in [1.54, 1.807) is 0 Å². The van der Waals surface area contributed by atoms with Gasteiger partial charge in [-0.3, -0.25) is 0 Å². The topological polar surface area (TPSA) is 20.2 Å². The molecule has 1 aliphatic rings. The number of rotatable bonds is 3. The number of hydrogen-bond donors (Lipinski definition) is 1. The number of aromatic hydroxyl groups is 1. The third-order valence-corrected chi connectivity index (χ3v) is 4.30. The summed E-state index contributed by atoms with van der Waals surface area (Å²) < 4.78 is 0. The van der Waals surface area contributed by atoms with E-state index >= 15 is 0 Å². The second-order valence-electron chi connectivity index (χ2n) is 4.47. The number of phenols is 1. The van der Waals surface area contributed by atoms with Gasteiger partial charge in [0.05, 0.1) is 0 Å². The normalized spacial score (nSPS) is 19.3. The first-order chi connectivity index (χ1) is 7.27. The smallest absolute Gasteiger partial charge is 0.115 e. The molecule has 2 rings (SSSR count). The molecule has 0 spiro atoms.